The first-order valence-corrected chi connectivity index (χ1v) is 11.5. The van der Waals surface area contributed by atoms with Crippen LogP contribution in [0.1, 0.15) is 25.7 Å². The van der Waals surface area contributed by atoms with Crippen LogP contribution in [-0.4, -0.2) is 12.1 Å². The minimum absolute atomic E-state index is 0.203. The van der Waals surface area contributed by atoms with Gasteiger partial charge in [0.1, 0.15) is 23.2 Å². The number of carbonyl (C=O) groups excluding carboxylic acids is 1. The predicted molar refractivity (Wildman–Crippen MR) is 118 cm³/mol. The van der Waals surface area contributed by atoms with E-state index in [1.165, 1.54) is 15.9 Å². The molecule has 0 saturated heterocycles. The zero-order valence-electron chi connectivity index (χ0n) is 15.6. The topological polar surface area (TPSA) is 43.1 Å². The summed E-state index contributed by atoms with van der Waals surface area (Å²) in [5.74, 6) is -0.203. The largest absolute Gasteiger partial charge is 0.370 e. The Labute approximate surface area is 162 Å². The number of unbranched alkanes of at least 4 members (excludes halogenated alkanes) is 2. The van der Waals surface area contributed by atoms with Crippen LogP contribution in [0, 0.1) is 0 Å². The molecule has 2 N–H and O–H groups in total. The fraction of sp³-hybridized carbons (Fsp3) is 0.208. The summed E-state index contributed by atoms with van der Waals surface area (Å²) in [4.78, 5) is 11.1. The number of benzene rings is 3. The van der Waals surface area contributed by atoms with E-state index in [0.717, 1.165) is 25.4 Å². The van der Waals surface area contributed by atoms with Crippen LogP contribution in [0.15, 0.2) is 91.0 Å². The molecule has 0 aliphatic carbocycles. The molecule has 0 radical (unpaired) electrons. The first kappa shape index (κ1) is 19.3. The maximum absolute atomic E-state index is 11.1. The smallest absolute Gasteiger partial charge is 0.217 e. The highest BCUT2D eigenvalue weighted by Crippen LogP contribution is 2.55. The lowest BCUT2D eigenvalue weighted by Crippen LogP contribution is -2.33. The van der Waals surface area contributed by atoms with Crippen LogP contribution in [0.3, 0.4) is 0 Å². The zero-order valence-corrected chi connectivity index (χ0v) is 16.5. The molecule has 1 amide bonds. The molecule has 3 rings (SSSR count). The molecule has 3 heteroatoms. The first-order valence-electron chi connectivity index (χ1n) is 9.57. The SMILES string of the molecule is NC(=O)CCCCC[P+](c1ccccc1)(c1ccccc1)c1ccccc1. The van der Waals surface area contributed by atoms with Crippen molar-refractivity contribution in [1.82, 2.24) is 0 Å². The molecule has 138 valence electrons. The van der Waals surface area contributed by atoms with Crippen molar-refractivity contribution in [2.75, 3.05) is 6.16 Å². The van der Waals surface area contributed by atoms with Crippen LogP contribution < -0.4 is 21.6 Å². The predicted octanol–water partition coefficient (Wildman–Crippen LogP) is 4.03. The van der Waals surface area contributed by atoms with Gasteiger partial charge in [-0.15, -0.1) is 0 Å². The van der Waals surface area contributed by atoms with Crippen molar-refractivity contribution >= 4 is 29.1 Å². The second kappa shape index (κ2) is 9.48. The van der Waals surface area contributed by atoms with Gasteiger partial charge in [-0.1, -0.05) is 54.6 Å². The minimum atomic E-state index is -1.73. The van der Waals surface area contributed by atoms with Crippen molar-refractivity contribution in [2.24, 2.45) is 5.73 Å². The molecule has 0 aliphatic heterocycles. The van der Waals surface area contributed by atoms with Crippen LogP contribution in [0.25, 0.3) is 0 Å². The monoisotopic (exact) mass is 376 g/mol. The lowest BCUT2D eigenvalue weighted by Gasteiger charge is -2.27. The van der Waals surface area contributed by atoms with E-state index < -0.39 is 7.26 Å². The van der Waals surface area contributed by atoms with E-state index in [1.54, 1.807) is 0 Å². The molecule has 0 spiro atoms. The van der Waals surface area contributed by atoms with Gasteiger partial charge in [0.15, 0.2) is 0 Å². The summed E-state index contributed by atoms with van der Waals surface area (Å²) in [5, 5.41) is 4.24. The van der Waals surface area contributed by atoms with Crippen molar-refractivity contribution in [3.05, 3.63) is 91.0 Å². The van der Waals surface area contributed by atoms with Gasteiger partial charge in [-0.05, 0) is 55.7 Å². The Hall–Kier alpha value is -2.44. The fourth-order valence-electron chi connectivity index (χ4n) is 3.71. The molecule has 0 saturated carbocycles. The molecular weight excluding hydrogens is 349 g/mol. The van der Waals surface area contributed by atoms with Crippen molar-refractivity contribution < 1.29 is 4.79 Å². The highest BCUT2D eigenvalue weighted by atomic mass is 31.2. The molecule has 0 atom stereocenters. The van der Waals surface area contributed by atoms with E-state index in [9.17, 15) is 4.79 Å². The van der Waals surface area contributed by atoms with Crippen LogP contribution >= 0.6 is 7.26 Å². The molecule has 0 aliphatic rings. The summed E-state index contributed by atoms with van der Waals surface area (Å²) in [7, 11) is -1.73. The third-order valence-corrected chi connectivity index (χ3v) is 9.53. The van der Waals surface area contributed by atoms with Crippen LogP contribution in [0.2, 0.25) is 0 Å². The normalized spacial score (nSPS) is 11.3. The number of primary amides is 1. The molecule has 0 fully saturated rings. The second-order valence-electron chi connectivity index (χ2n) is 6.82. The number of amides is 1. The van der Waals surface area contributed by atoms with Gasteiger partial charge in [0, 0.05) is 6.42 Å². The zero-order chi connectivity index (χ0) is 19.0. The molecule has 2 nitrogen and oxygen atoms in total. The van der Waals surface area contributed by atoms with Gasteiger partial charge >= 0.3 is 0 Å². The number of hydrogen-bond donors (Lipinski definition) is 1. The molecule has 3 aromatic rings. The summed E-state index contributed by atoms with van der Waals surface area (Å²) in [5.41, 5.74) is 5.30. The van der Waals surface area contributed by atoms with Gasteiger partial charge in [0.05, 0.1) is 6.16 Å². The lowest BCUT2D eigenvalue weighted by molar-refractivity contribution is -0.118. The third kappa shape index (κ3) is 4.64. The van der Waals surface area contributed by atoms with Gasteiger partial charge < -0.3 is 5.73 Å². The second-order valence-corrected chi connectivity index (χ2v) is 10.4. The van der Waals surface area contributed by atoms with Gasteiger partial charge in [0.2, 0.25) is 5.91 Å². The van der Waals surface area contributed by atoms with Crippen LogP contribution in [0.5, 0.6) is 0 Å². The Morgan fingerprint density at radius 2 is 1.04 bits per heavy atom. The lowest BCUT2D eigenvalue weighted by atomic mass is 10.2. The maximum atomic E-state index is 11.1. The molecule has 0 unspecified atom stereocenters. The Balaban J connectivity index is 2.02. The van der Waals surface area contributed by atoms with Crippen LogP contribution in [0.4, 0.5) is 0 Å². The maximum Gasteiger partial charge on any atom is 0.217 e. The van der Waals surface area contributed by atoms with Crippen LogP contribution in [-0.2, 0) is 4.79 Å². The molecule has 0 aromatic heterocycles. The van der Waals surface area contributed by atoms with Gasteiger partial charge in [-0.2, -0.15) is 0 Å². The molecule has 27 heavy (non-hydrogen) atoms. The van der Waals surface area contributed by atoms with Crippen molar-refractivity contribution in [3.8, 4) is 0 Å². The Kier molecular flexibility index (Phi) is 6.79. The first-order chi connectivity index (χ1) is 13.2. The number of rotatable bonds is 9. The average Bonchev–Trinajstić information content (AvgIpc) is 2.73. The van der Waals surface area contributed by atoms with E-state index in [0.29, 0.717) is 6.42 Å². The summed E-state index contributed by atoms with van der Waals surface area (Å²) in [6.45, 7) is 0. The summed E-state index contributed by atoms with van der Waals surface area (Å²) in [6, 6.07) is 32.8. The number of nitrogens with two attached hydrogens (primary N) is 1. The molecule has 3 aromatic carbocycles. The Morgan fingerprint density at radius 3 is 1.41 bits per heavy atom. The van der Waals surface area contributed by atoms with E-state index in [-0.39, 0.29) is 5.91 Å². The molecule has 0 bridgehead atoms. The standard InChI is InChI=1S/C24H26NOP/c25-24(26)19-11-4-12-20-27(21-13-5-1-6-14-21,22-15-7-2-8-16-22)23-17-9-3-10-18-23/h1-3,5-10,13-18H,4,11-12,19-20H2,(H-,25,26)/p+1. The third-order valence-electron chi connectivity index (χ3n) is 5.01. The van der Waals surface area contributed by atoms with Gasteiger partial charge in [0.25, 0.3) is 0 Å². The Bertz CT molecular complexity index is 737. The quantitative estimate of drug-likeness (QED) is 0.445. The molecular formula is C24H27NOP+. The van der Waals surface area contributed by atoms with E-state index in [1.807, 2.05) is 0 Å². The average molecular weight is 376 g/mol. The van der Waals surface area contributed by atoms with E-state index in [2.05, 4.69) is 91.0 Å². The Morgan fingerprint density at radius 1 is 0.630 bits per heavy atom. The fourth-order valence-corrected chi connectivity index (χ4v) is 8.12. The minimum Gasteiger partial charge on any atom is -0.370 e. The van der Waals surface area contributed by atoms with Gasteiger partial charge in [-0.25, -0.2) is 0 Å². The number of hydrogen-bond acceptors (Lipinski definition) is 1. The summed E-state index contributed by atoms with van der Waals surface area (Å²) < 4.78 is 0. The summed E-state index contributed by atoms with van der Waals surface area (Å²) >= 11 is 0. The van der Waals surface area contributed by atoms with E-state index >= 15 is 0 Å². The van der Waals surface area contributed by atoms with Crippen molar-refractivity contribution in [3.63, 3.8) is 0 Å². The van der Waals surface area contributed by atoms with Gasteiger partial charge in [-0.3, -0.25) is 4.79 Å². The van der Waals surface area contributed by atoms with Crippen molar-refractivity contribution in [2.45, 2.75) is 25.7 Å². The van der Waals surface area contributed by atoms with Crippen molar-refractivity contribution in [1.29, 1.82) is 0 Å². The highest BCUT2D eigenvalue weighted by molar-refractivity contribution is 7.95. The summed E-state index contributed by atoms with van der Waals surface area (Å²) in [6.07, 6.45) is 4.56. The molecule has 0 heterocycles. The highest BCUT2D eigenvalue weighted by Gasteiger charge is 2.44. The van der Waals surface area contributed by atoms with E-state index in [4.69, 9.17) is 5.73 Å². The number of carbonyl (C=O) groups is 1.